The van der Waals surface area contributed by atoms with Crippen molar-refractivity contribution in [2.24, 2.45) is 5.14 Å². The van der Waals surface area contributed by atoms with Gasteiger partial charge >= 0.3 is 0 Å². The first-order chi connectivity index (χ1) is 14.9. The molecule has 9 nitrogen and oxygen atoms in total. The molecule has 0 saturated heterocycles. The second kappa shape index (κ2) is 8.77. The molecule has 0 radical (unpaired) electrons. The summed E-state index contributed by atoms with van der Waals surface area (Å²) in [7, 11) is -3.79. The third kappa shape index (κ3) is 4.63. The normalized spacial score (nSPS) is 12.0. The van der Waals surface area contributed by atoms with Crippen molar-refractivity contribution in [2.45, 2.75) is 49.0 Å². The molecule has 11 heteroatoms. The molecule has 0 atom stereocenters. The molecule has 0 unspecified atom stereocenters. The third-order valence-electron chi connectivity index (χ3n) is 4.88. The molecule has 4 rings (SSSR count). The van der Waals surface area contributed by atoms with Crippen molar-refractivity contribution in [3.63, 3.8) is 0 Å². The number of nitrogens with two attached hydrogens (primary N) is 1. The molecule has 0 spiro atoms. The lowest BCUT2D eigenvalue weighted by atomic mass is 10.2. The Hall–Kier alpha value is -2.76. The van der Waals surface area contributed by atoms with E-state index in [1.54, 1.807) is 10.7 Å². The Bertz CT molecular complexity index is 1330. The van der Waals surface area contributed by atoms with E-state index in [4.69, 9.17) is 10.1 Å². The van der Waals surface area contributed by atoms with Gasteiger partial charge in [0.05, 0.1) is 27.4 Å². The van der Waals surface area contributed by atoms with Gasteiger partial charge in [0, 0.05) is 6.54 Å². The van der Waals surface area contributed by atoms with E-state index in [1.165, 1.54) is 23.9 Å². The smallest absolute Gasteiger partial charge is 0.238 e. The molecule has 31 heavy (non-hydrogen) atoms. The highest BCUT2D eigenvalue weighted by Gasteiger charge is 2.17. The van der Waals surface area contributed by atoms with E-state index in [9.17, 15) is 8.42 Å². The fraction of sp³-hybridized carbons (Fsp3) is 0.300. The summed E-state index contributed by atoms with van der Waals surface area (Å²) in [6, 6.07) is 12.8. The number of unbranched alkanes of at least 4 members (excludes halogenated alkanes) is 1. The van der Waals surface area contributed by atoms with Crippen molar-refractivity contribution in [2.75, 3.05) is 0 Å². The van der Waals surface area contributed by atoms with Crippen LogP contribution >= 0.6 is 11.8 Å². The number of nitrogens with zero attached hydrogens (tertiary/aromatic N) is 6. The number of thioether (sulfide) groups is 1. The van der Waals surface area contributed by atoms with Gasteiger partial charge in [-0.1, -0.05) is 37.2 Å². The fourth-order valence-electron chi connectivity index (χ4n) is 3.33. The maximum atomic E-state index is 11.7. The molecule has 2 heterocycles. The van der Waals surface area contributed by atoms with Crippen molar-refractivity contribution in [3.8, 4) is 5.69 Å². The van der Waals surface area contributed by atoms with Gasteiger partial charge in [-0.05, 0) is 59.7 Å². The maximum absolute atomic E-state index is 11.7. The molecule has 0 aliphatic carbocycles. The highest BCUT2D eigenvalue weighted by molar-refractivity contribution is 7.98. The van der Waals surface area contributed by atoms with Gasteiger partial charge < -0.3 is 4.57 Å². The van der Waals surface area contributed by atoms with E-state index < -0.39 is 10.0 Å². The van der Waals surface area contributed by atoms with Crippen LogP contribution in [0.1, 0.15) is 31.2 Å². The van der Waals surface area contributed by atoms with Gasteiger partial charge in [-0.15, -0.1) is 5.10 Å². The number of aromatic nitrogens is 6. The molecular formula is C20H23N7O2S2. The first kappa shape index (κ1) is 21.5. The quantitative estimate of drug-likeness (QED) is 0.404. The topological polar surface area (TPSA) is 122 Å². The Labute approximate surface area is 184 Å². The minimum Gasteiger partial charge on any atom is -0.327 e. The molecular weight excluding hydrogens is 434 g/mol. The van der Waals surface area contributed by atoms with Gasteiger partial charge in [-0.25, -0.2) is 18.5 Å². The highest BCUT2D eigenvalue weighted by Crippen LogP contribution is 2.26. The minimum absolute atomic E-state index is 0.0581. The number of sulfonamides is 1. The zero-order valence-electron chi connectivity index (χ0n) is 17.3. The number of tetrazole rings is 1. The number of benzene rings is 2. The molecule has 0 bridgehead atoms. The molecule has 0 fully saturated rings. The maximum Gasteiger partial charge on any atom is 0.238 e. The highest BCUT2D eigenvalue weighted by atomic mass is 32.2. The Kier molecular flexibility index (Phi) is 6.08. The standard InChI is InChI=1S/C20H23N7O2S2/c1-3-4-10-26-18-9-8-16(31(21,28)29)12-17(18)22-19(26)13-30-20-23-24-25-27(20)15-7-5-6-14(2)11-15/h5-9,11-12H,3-4,10,13H2,1-2H3,(H2,21,28,29). The van der Waals surface area contributed by atoms with E-state index in [0.717, 1.165) is 42.0 Å². The number of aryl methyl sites for hydroxylation is 2. The molecule has 0 saturated carbocycles. The molecule has 0 amide bonds. The molecule has 2 N–H and O–H groups in total. The average Bonchev–Trinajstić information content (AvgIpc) is 3.33. The summed E-state index contributed by atoms with van der Waals surface area (Å²) >= 11 is 1.48. The van der Waals surface area contributed by atoms with Crippen LogP contribution in [0.25, 0.3) is 16.7 Å². The number of rotatable bonds is 8. The van der Waals surface area contributed by atoms with Crippen molar-refractivity contribution < 1.29 is 8.42 Å². The summed E-state index contributed by atoms with van der Waals surface area (Å²) < 4.78 is 27.3. The second-order valence-corrected chi connectivity index (χ2v) is 9.73. The average molecular weight is 458 g/mol. The van der Waals surface area contributed by atoms with Crippen LogP contribution in [0.4, 0.5) is 0 Å². The van der Waals surface area contributed by atoms with E-state index in [1.807, 2.05) is 31.2 Å². The molecule has 0 aliphatic rings. The Morgan fingerprint density at radius 1 is 1.16 bits per heavy atom. The van der Waals surface area contributed by atoms with Gasteiger partial charge in [0.1, 0.15) is 5.82 Å². The first-order valence-electron chi connectivity index (χ1n) is 9.87. The number of hydrogen-bond acceptors (Lipinski definition) is 7. The Balaban J connectivity index is 1.66. The summed E-state index contributed by atoms with van der Waals surface area (Å²) in [6.07, 6.45) is 2.02. The Morgan fingerprint density at radius 2 is 2.00 bits per heavy atom. The van der Waals surface area contributed by atoms with Crippen molar-refractivity contribution >= 4 is 32.8 Å². The van der Waals surface area contributed by atoms with Gasteiger partial charge in [0.15, 0.2) is 0 Å². The zero-order chi connectivity index (χ0) is 22.0. The van der Waals surface area contributed by atoms with Gasteiger partial charge in [-0.3, -0.25) is 0 Å². The molecule has 0 aliphatic heterocycles. The summed E-state index contributed by atoms with van der Waals surface area (Å²) in [4.78, 5) is 4.76. The van der Waals surface area contributed by atoms with Gasteiger partial charge in [-0.2, -0.15) is 4.68 Å². The van der Waals surface area contributed by atoms with Crippen molar-refractivity contribution in [1.29, 1.82) is 0 Å². The molecule has 2 aromatic carbocycles. The van der Waals surface area contributed by atoms with Crippen LogP contribution in [0.3, 0.4) is 0 Å². The lowest BCUT2D eigenvalue weighted by Gasteiger charge is -2.09. The largest absolute Gasteiger partial charge is 0.327 e. The fourth-order valence-corrected chi connectivity index (χ4v) is 4.70. The number of primary sulfonamides is 1. The summed E-state index contributed by atoms with van der Waals surface area (Å²) in [5, 5.41) is 18.1. The van der Waals surface area contributed by atoms with Crippen LogP contribution in [0.5, 0.6) is 0 Å². The van der Waals surface area contributed by atoms with Crippen molar-refractivity contribution in [1.82, 2.24) is 29.8 Å². The molecule has 4 aromatic rings. The second-order valence-electron chi connectivity index (χ2n) is 7.23. The first-order valence-corrected chi connectivity index (χ1v) is 12.4. The van der Waals surface area contributed by atoms with Gasteiger partial charge in [0.25, 0.3) is 0 Å². The van der Waals surface area contributed by atoms with E-state index >= 15 is 0 Å². The number of hydrogen-bond donors (Lipinski definition) is 1. The Morgan fingerprint density at radius 3 is 2.74 bits per heavy atom. The minimum atomic E-state index is -3.79. The van der Waals surface area contributed by atoms with Crippen LogP contribution in [-0.4, -0.2) is 38.2 Å². The van der Waals surface area contributed by atoms with Crippen LogP contribution in [0, 0.1) is 6.92 Å². The zero-order valence-corrected chi connectivity index (χ0v) is 18.9. The lowest BCUT2D eigenvalue weighted by Crippen LogP contribution is -2.11. The van der Waals surface area contributed by atoms with Crippen molar-refractivity contribution in [3.05, 3.63) is 53.9 Å². The predicted octanol–water partition coefficient (Wildman–Crippen LogP) is 3.06. The lowest BCUT2D eigenvalue weighted by molar-refractivity contribution is 0.598. The van der Waals surface area contributed by atoms with Crippen LogP contribution < -0.4 is 5.14 Å². The van der Waals surface area contributed by atoms with Crippen LogP contribution in [0.2, 0.25) is 0 Å². The summed E-state index contributed by atoms with van der Waals surface area (Å²) in [6.45, 7) is 4.94. The third-order valence-corrected chi connectivity index (χ3v) is 6.71. The number of fused-ring (bicyclic) bond motifs is 1. The predicted molar refractivity (Wildman–Crippen MR) is 119 cm³/mol. The van der Waals surface area contributed by atoms with E-state index in [0.29, 0.717) is 16.4 Å². The molecule has 2 aromatic heterocycles. The monoisotopic (exact) mass is 457 g/mol. The number of imidazole rings is 1. The SMILES string of the molecule is CCCCn1c(CSc2nnnn2-c2cccc(C)c2)nc2cc(S(N)(=O)=O)ccc21. The van der Waals surface area contributed by atoms with E-state index in [-0.39, 0.29) is 4.90 Å². The van der Waals surface area contributed by atoms with E-state index in [2.05, 4.69) is 27.0 Å². The summed E-state index contributed by atoms with van der Waals surface area (Å²) in [5.74, 6) is 1.37. The molecule has 162 valence electrons. The van der Waals surface area contributed by atoms with Crippen LogP contribution in [0.15, 0.2) is 52.5 Å². The van der Waals surface area contributed by atoms with Gasteiger partial charge in [0.2, 0.25) is 15.2 Å². The van der Waals surface area contributed by atoms with Crippen LogP contribution in [-0.2, 0) is 22.3 Å². The summed E-state index contributed by atoms with van der Waals surface area (Å²) in [5.41, 5.74) is 3.51.